The molecule has 6 nitrogen and oxygen atoms in total. The molecule has 0 radical (unpaired) electrons. The summed E-state index contributed by atoms with van der Waals surface area (Å²) >= 11 is 0. The Balaban J connectivity index is 2.06. The van der Waals surface area contributed by atoms with Crippen LogP contribution in [-0.2, 0) is 9.47 Å². The van der Waals surface area contributed by atoms with Crippen molar-refractivity contribution in [3.63, 3.8) is 0 Å². The molecule has 1 aliphatic rings. The van der Waals surface area contributed by atoms with E-state index in [-0.39, 0.29) is 11.7 Å². The third-order valence-electron chi connectivity index (χ3n) is 2.18. The first-order valence-corrected chi connectivity index (χ1v) is 4.89. The van der Waals surface area contributed by atoms with Crippen LogP contribution in [0.25, 0.3) is 0 Å². The van der Waals surface area contributed by atoms with E-state index in [1.807, 2.05) is 0 Å². The molecule has 1 unspecified atom stereocenters. The SMILES string of the molecule is CCOC(=O)c1noc(C2CCOC2)n1. The molecule has 0 bridgehead atoms. The van der Waals surface area contributed by atoms with Gasteiger partial charge in [0.15, 0.2) is 0 Å². The molecule has 1 aliphatic heterocycles. The molecule has 15 heavy (non-hydrogen) atoms. The molecule has 1 fully saturated rings. The van der Waals surface area contributed by atoms with Crippen LogP contribution in [0.15, 0.2) is 4.52 Å². The van der Waals surface area contributed by atoms with E-state index in [9.17, 15) is 4.79 Å². The van der Waals surface area contributed by atoms with E-state index < -0.39 is 5.97 Å². The van der Waals surface area contributed by atoms with Crippen LogP contribution in [0.3, 0.4) is 0 Å². The van der Waals surface area contributed by atoms with Crippen LogP contribution in [0.1, 0.15) is 35.8 Å². The Kier molecular flexibility index (Phi) is 2.96. The van der Waals surface area contributed by atoms with Gasteiger partial charge in [0.1, 0.15) is 0 Å². The molecule has 1 aromatic rings. The number of hydrogen-bond donors (Lipinski definition) is 0. The first-order valence-electron chi connectivity index (χ1n) is 4.89. The zero-order valence-corrected chi connectivity index (χ0v) is 8.43. The second-order valence-corrected chi connectivity index (χ2v) is 3.24. The van der Waals surface area contributed by atoms with E-state index in [2.05, 4.69) is 10.1 Å². The van der Waals surface area contributed by atoms with Crippen LogP contribution >= 0.6 is 0 Å². The van der Waals surface area contributed by atoms with Crippen molar-refractivity contribution in [2.75, 3.05) is 19.8 Å². The normalized spacial score (nSPS) is 20.5. The summed E-state index contributed by atoms with van der Waals surface area (Å²) in [4.78, 5) is 15.2. The highest BCUT2D eigenvalue weighted by atomic mass is 16.5. The maximum absolute atomic E-state index is 11.2. The van der Waals surface area contributed by atoms with Crippen molar-refractivity contribution in [1.29, 1.82) is 0 Å². The Labute approximate surface area is 86.6 Å². The summed E-state index contributed by atoms with van der Waals surface area (Å²) in [6, 6.07) is 0. The van der Waals surface area contributed by atoms with Gasteiger partial charge in [-0.1, -0.05) is 0 Å². The van der Waals surface area contributed by atoms with Crippen molar-refractivity contribution in [2.45, 2.75) is 19.3 Å². The largest absolute Gasteiger partial charge is 0.460 e. The molecule has 2 heterocycles. The Morgan fingerprint density at radius 2 is 2.53 bits per heavy atom. The Morgan fingerprint density at radius 1 is 1.67 bits per heavy atom. The Bertz CT molecular complexity index is 344. The van der Waals surface area contributed by atoms with Crippen LogP contribution in [0.4, 0.5) is 0 Å². The molecule has 6 heteroatoms. The van der Waals surface area contributed by atoms with E-state index in [1.165, 1.54) is 0 Å². The molecule has 2 rings (SSSR count). The van der Waals surface area contributed by atoms with Gasteiger partial charge >= 0.3 is 5.97 Å². The fourth-order valence-corrected chi connectivity index (χ4v) is 1.41. The average molecular weight is 212 g/mol. The second kappa shape index (κ2) is 4.39. The summed E-state index contributed by atoms with van der Waals surface area (Å²) in [5, 5.41) is 3.56. The van der Waals surface area contributed by atoms with Crippen molar-refractivity contribution in [2.24, 2.45) is 0 Å². The van der Waals surface area contributed by atoms with Gasteiger partial charge in [-0.3, -0.25) is 0 Å². The van der Waals surface area contributed by atoms with Gasteiger partial charge in [0.2, 0.25) is 5.89 Å². The van der Waals surface area contributed by atoms with Gasteiger partial charge in [0, 0.05) is 6.61 Å². The summed E-state index contributed by atoms with van der Waals surface area (Å²) in [6.07, 6.45) is 0.852. The van der Waals surface area contributed by atoms with Crippen LogP contribution < -0.4 is 0 Å². The number of ether oxygens (including phenoxy) is 2. The van der Waals surface area contributed by atoms with Gasteiger partial charge in [-0.15, -0.1) is 0 Å². The lowest BCUT2D eigenvalue weighted by Gasteiger charge is -1.97. The molecule has 1 aromatic heterocycles. The number of nitrogens with zero attached hydrogens (tertiary/aromatic N) is 2. The number of aromatic nitrogens is 2. The maximum Gasteiger partial charge on any atom is 0.379 e. The first-order chi connectivity index (χ1) is 7.31. The van der Waals surface area contributed by atoms with Crippen molar-refractivity contribution in [1.82, 2.24) is 10.1 Å². The van der Waals surface area contributed by atoms with Gasteiger partial charge in [-0.2, -0.15) is 4.98 Å². The molecule has 1 saturated heterocycles. The molecule has 0 aliphatic carbocycles. The second-order valence-electron chi connectivity index (χ2n) is 3.24. The molecule has 0 N–H and O–H groups in total. The lowest BCUT2D eigenvalue weighted by molar-refractivity contribution is 0.0508. The average Bonchev–Trinajstić information content (AvgIpc) is 2.89. The Morgan fingerprint density at radius 3 is 3.20 bits per heavy atom. The van der Waals surface area contributed by atoms with Crippen LogP contribution in [0, 0.1) is 0 Å². The summed E-state index contributed by atoms with van der Waals surface area (Å²) in [6.45, 7) is 3.30. The van der Waals surface area contributed by atoms with Gasteiger partial charge in [-0.05, 0) is 18.5 Å². The lowest BCUT2D eigenvalue weighted by Crippen LogP contribution is -2.07. The molecular formula is C9H12N2O4. The van der Waals surface area contributed by atoms with E-state index in [1.54, 1.807) is 6.92 Å². The number of hydrogen-bond acceptors (Lipinski definition) is 6. The van der Waals surface area contributed by atoms with Crippen molar-refractivity contribution < 1.29 is 18.8 Å². The number of rotatable bonds is 3. The van der Waals surface area contributed by atoms with Gasteiger partial charge in [0.05, 0.1) is 19.1 Å². The molecule has 82 valence electrons. The predicted octanol–water partition coefficient (Wildman–Crippen LogP) is 0.750. The molecule has 0 saturated carbocycles. The highest BCUT2D eigenvalue weighted by Crippen LogP contribution is 2.23. The summed E-state index contributed by atoms with van der Waals surface area (Å²) in [5.74, 6) is 0.00129. The van der Waals surface area contributed by atoms with Gasteiger partial charge in [-0.25, -0.2) is 4.79 Å². The van der Waals surface area contributed by atoms with Crippen LogP contribution in [-0.4, -0.2) is 35.9 Å². The summed E-state index contributed by atoms with van der Waals surface area (Å²) in [5.41, 5.74) is 0. The van der Waals surface area contributed by atoms with Gasteiger partial charge in [0.25, 0.3) is 5.82 Å². The van der Waals surface area contributed by atoms with E-state index in [0.29, 0.717) is 25.7 Å². The molecule has 1 atom stereocenters. The van der Waals surface area contributed by atoms with E-state index in [4.69, 9.17) is 14.0 Å². The standard InChI is InChI=1S/C9H12N2O4/c1-2-14-9(12)7-10-8(15-11-7)6-3-4-13-5-6/h6H,2-5H2,1H3. The zero-order chi connectivity index (χ0) is 10.7. The van der Waals surface area contributed by atoms with Crippen molar-refractivity contribution >= 4 is 5.97 Å². The quantitative estimate of drug-likeness (QED) is 0.688. The smallest absolute Gasteiger partial charge is 0.379 e. The minimum absolute atomic E-state index is 0.0150. The van der Waals surface area contributed by atoms with Crippen molar-refractivity contribution in [3.05, 3.63) is 11.7 Å². The van der Waals surface area contributed by atoms with E-state index in [0.717, 1.165) is 6.42 Å². The lowest BCUT2D eigenvalue weighted by atomic mass is 10.1. The monoisotopic (exact) mass is 212 g/mol. The topological polar surface area (TPSA) is 74.5 Å². The number of carbonyl (C=O) groups is 1. The molecule has 0 aromatic carbocycles. The van der Waals surface area contributed by atoms with Crippen molar-refractivity contribution in [3.8, 4) is 0 Å². The third-order valence-corrected chi connectivity index (χ3v) is 2.18. The van der Waals surface area contributed by atoms with E-state index >= 15 is 0 Å². The Hall–Kier alpha value is -1.43. The molecular weight excluding hydrogens is 200 g/mol. The molecule has 0 spiro atoms. The summed E-state index contributed by atoms with van der Waals surface area (Å²) in [7, 11) is 0. The zero-order valence-electron chi connectivity index (χ0n) is 8.43. The van der Waals surface area contributed by atoms with Crippen LogP contribution in [0.2, 0.25) is 0 Å². The molecule has 0 amide bonds. The predicted molar refractivity (Wildman–Crippen MR) is 48.4 cm³/mol. The summed E-state index contributed by atoms with van der Waals surface area (Å²) < 4.78 is 14.9. The highest BCUT2D eigenvalue weighted by molar-refractivity contribution is 5.84. The highest BCUT2D eigenvalue weighted by Gasteiger charge is 2.25. The minimum atomic E-state index is -0.550. The van der Waals surface area contributed by atoms with Gasteiger partial charge < -0.3 is 14.0 Å². The fourth-order valence-electron chi connectivity index (χ4n) is 1.41. The number of carbonyl (C=O) groups excluding carboxylic acids is 1. The maximum atomic E-state index is 11.2. The van der Waals surface area contributed by atoms with Crippen LogP contribution in [0.5, 0.6) is 0 Å². The third kappa shape index (κ3) is 2.15. The number of esters is 1. The minimum Gasteiger partial charge on any atom is -0.460 e. The first kappa shape index (κ1) is 10.1. The fraction of sp³-hybridized carbons (Fsp3) is 0.667.